The second-order valence-corrected chi connectivity index (χ2v) is 5.60. The first-order chi connectivity index (χ1) is 10.3. The number of nitrogens with one attached hydrogen (secondary N) is 2. The molecule has 22 heavy (non-hydrogen) atoms. The molecular weight excluding hydrogens is 315 g/mol. The highest BCUT2D eigenvalue weighted by molar-refractivity contribution is 7.13. The summed E-state index contributed by atoms with van der Waals surface area (Å²) in [5.74, 6) is 0. The lowest BCUT2D eigenvalue weighted by Crippen LogP contribution is -2.31. The number of thiazole rings is 1. The van der Waals surface area contributed by atoms with Crippen LogP contribution in [0.1, 0.15) is 29.8 Å². The summed E-state index contributed by atoms with van der Waals surface area (Å²) in [6, 6.07) is 3.79. The first kappa shape index (κ1) is 16.3. The molecule has 0 radical (unpaired) electrons. The van der Waals surface area contributed by atoms with E-state index in [2.05, 4.69) is 15.6 Å². The van der Waals surface area contributed by atoms with E-state index in [0.717, 1.165) is 17.8 Å². The average Bonchev–Trinajstić information content (AvgIpc) is 2.83. The third-order valence-electron chi connectivity index (χ3n) is 2.90. The third-order valence-corrected chi connectivity index (χ3v) is 3.78. The highest BCUT2D eigenvalue weighted by Crippen LogP contribution is 2.30. The van der Waals surface area contributed by atoms with E-state index in [0.29, 0.717) is 10.7 Å². The van der Waals surface area contributed by atoms with Gasteiger partial charge in [-0.25, -0.2) is 9.78 Å². The largest absolute Gasteiger partial charge is 0.416 e. The van der Waals surface area contributed by atoms with Crippen LogP contribution in [0, 0.1) is 6.92 Å². The van der Waals surface area contributed by atoms with Crippen molar-refractivity contribution in [1.82, 2.24) is 10.3 Å². The lowest BCUT2D eigenvalue weighted by molar-refractivity contribution is -0.137. The van der Waals surface area contributed by atoms with Gasteiger partial charge in [0, 0.05) is 5.38 Å². The molecule has 0 aliphatic heterocycles. The number of rotatable bonds is 3. The fourth-order valence-electron chi connectivity index (χ4n) is 1.81. The zero-order valence-electron chi connectivity index (χ0n) is 11.9. The molecule has 0 fully saturated rings. The van der Waals surface area contributed by atoms with E-state index in [1.807, 2.05) is 0 Å². The Labute approximate surface area is 129 Å². The second-order valence-electron chi connectivity index (χ2n) is 4.74. The number of carbonyl (C=O) groups excluding carboxylic acids is 1. The summed E-state index contributed by atoms with van der Waals surface area (Å²) in [6.07, 6.45) is -4.41. The molecule has 118 valence electrons. The Morgan fingerprint density at radius 2 is 2.09 bits per heavy atom. The topological polar surface area (TPSA) is 54.0 Å². The Morgan fingerprint density at radius 1 is 1.36 bits per heavy atom. The number of hydrogen-bond donors (Lipinski definition) is 2. The van der Waals surface area contributed by atoms with E-state index in [-0.39, 0.29) is 0 Å². The van der Waals surface area contributed by atoms with Crippen LogP contribution in [-0.4, -0.2) is 11.0 Å². The summed E-state index contributed by atoms with van der Waals surface area (Å²) in [5, 5.41) is 7.35. The minimum atomic E-state index is -4.41. The van der Waals surface area contributed by atoms with Gasteiger partial charge < -0.3 is 5.32 Å². The summed E-state index contributed by atoms with van der Waals surface area (Å²) in [4.78, 5) is 15.9. The van der Waals surface area contributed by atoms with E-state index in [4.69, 9.17) is 0 Å². The number of carbonyl (C=O) groups is 1. The molecule has 1 aromatic carbocycles. The van der Waals surface area contributed by atoms with Gasteiger partial charge in [0.15, 0.2) is 5.13 Å². The minimum Gasteiger partial charge on any atom is -0.331 e. The summed E-state index contributed by atoms with van der Waals surface area (Å²) < 4.78 is 38.0. The minimum absolute atomic E-state index is 0.375. The van der Waals surface area contributed by atoms with Crippen molar-refractivity contribution in [2.24, 2.45) is 0 Å². The molecule has 2 amide bonds. The van der Waals surface area contributed by atoms with Crippen molar-refractivity contribution in [3.05, 3.63) is 46.5 Å². The predicted molar refractivity (Wildman–Crippen MR) is 78.9 cm³/mol. The van der Waals surface area contributed by atoms with Crippen LogP contribution in [0.4, 0.5) is 23.1 Å². The van der Waals surface area contributed by atoms with Gasteiger partial charge in [-0.2, -0.15) is 13.2 Å². The first-order valence-corrected chi connectivity index (χ1v) is 7.30. The number of urea groups is 1. The van der Waals surface area contributed by atoms with Crippen LogP contribution in [0.2, 0.25) is 0 Å². The van der Waals surface area contributed by atoms with Crippen molar-refractivity contribution in [3.8, 4) is 0 Å². The van der Waals surface area contributed by atoms with Gasteiger partial charge >= 0.3 is 12.2 Å². The molecule has 2 rings (SSSR count). The van der Waals surface area contributed by atoms with Crippen LogP contribution in [-0.2, 0) is 6.18 Å². The average molecular weight is 329 g/mol. The van der Waals surface area contributed by atoms with Crippen molar-refractivity contribution in [2.75, 3.05) is 5.32 Å². The van der Waals surface area contributed by atoms with Gasteiger partial charge in [0.25, 0.3) is 0 Å². The van der Waals surface area contributed by atoms with Crippen molar-refractivity contribution < 1.29 is 18.0 Å². The quantitative estimate of drug-likeness (QED) is 0.879. The fourth-order valence-corrected chi connectivity index (χ4v) is 2.49. The van der Waals surface area contributed by atoms with Crippen LogP contribution in [0.15, 0.2) is 29.6 Å². The van der Waals surface area contributed by atoms with Gasteiger partial charge in [-0.15, -0.1) is 11.3 Å². The molecule has 2 aromatic rings. The van der Waals surface area contributed by atoms with Gasteiger partial charge in [-0.1, -0.05) is 12.1 Å². The number of aromatic nitrogens is 1. The molecule has 8 heteroatoms. The number of amides is 2. The molecule has 1 heterocycles. The van der Waals surface area contributed by atoms with Crippen molar-refractivity contribution in [3.63, 3.8) is 0 Å². The maximum absolute atomic E-state index is 12.7. The molecular formula is C14H14F3N3OS. The second kappa shape index (κ2) is 6.35. The van der Waals surface area contributed by atoms with Gasteiger partial charge in [0.05, 0.1) is 17.3 Å². The zero-order chi connectivity index (χ0) is 16.3. The molecule has 0 saturated carbocycles. The monoisotopic (exact) mass is 329 g/mol. The Morgan fingerprint density at radius 3 is 2.68 bits per heavy atom. The summed E-state index contributed by atoms with van der Waals surface area (Å²) in [7, 11) is 0. The van der Waals surface area contributed by atoms with Gasteiger partial charge in [0.2, 0.25) is 0 Å². The highest BCUT2D eigenvalue weighted by Gasteiger charge is 2.30. The van der Waals surface area contributed by atoms with Crippen molar-refractivity contribution in [1.29, 1.82) is 0 Å². The van der Waals surface area contributed by atoms with Gasteiger partial charge in [-0.05, 0) is 31.5 Å². The van der Waals surface area contributed by atoms with E-state index >= 15 is 0 Å². The number of aryl methyl sites for hydroxylation is 1. The van der Waals surface area contributed by atoms with E-state index in [1.54, 1.807) is 19.2 Å². The molecule has 4 nitrogen and oxygen atoms in total. The Balaban J connectivity index is 2.02. The molecule has 1 aromatic heterocycles. The predicted octanol–water partition coefficient (Wildman–Crippen LogP) is 4.35. The zero-order valence-corrected chi connectivity index (χ0v) is 12.7. The molecule has 0 aliphatic rings. The molecule has 0 spiro atoms. The van der Waals surface area contributed by atoms with Crippen LogP contribution in [0.3, 0.4) is 0 Å². The summed E-state index contributed by atoms with van der Waals surface area (Å²) >= 11 is 1.27. The SMILES string of the molecule is Cc1csc(NC(=O)NC(C)c2cccc(C(F)(F)F)c2)n1. The Bertz CT molecular complexity index is 669. The fraction of sp³-hybridized carbons (Fsp3) is 0.286. The number of nitrogens with zero attached hydrogens (tertiary/aromatic N) is 1. The van der Waals surface area contributed by atoms with E-state index in [1.165, 1.54) is 23.5 Å². The standard InChI is InChI=1S/C14H14F3N3OS/c1-8-7-22-13(18-8)20-12(21)19-9(2)10-4-3-5-11(6-10)14(15,16)17/h3-7,9H,1-2H3,(H2,18,19,20,21). The van der Waals surface area contributed by atoms with Crippen LogP contribution in [0.5, 0.6) is 0 Å². The molecule has 0 aliphatic carbocycles. The number of alkyl halides is 3. The normalized spacial score (nSPS) is 12.8. The maximum atomic E-state index is 12.7. The molecule has 1 atom stereocenters. The van der Waals surface area contributed by atoms with Crippen molar-refractivity contribution >= 4 is 22.5 Å². The van der Waals surface area contributed by atoms with Crippen LogP contribution >= 0.6 is 11.3 Å². The summed E-state index contributed by atoms with van der Waals surface area (Å²) in [6.45, 7) is 3.41. The number of anilines is 1. The third kappa shape index (κ3) is 4.20. The number of hydrogen-bond acceptors (Lipinski definition) is 3. The smallest absolute Gasteiger partial charge is 0.331 e. The summed E-state index contributed by atoms with van der Waals surface area (Å²) in [5.41, 5.74) is 0.418. The number of benzene rings is 1. The number of halogens is 3. The maximum Gasteiger partial charge on any atom is 0.416 e. The Hall–Kier alpha value is -2.09. The van der Waals surface area contributed by atoms with Crippen LogP contribution < -0.4 is 10.6 Å². The lowest BCUT2D eigenvalue weighted by atomic mass is 10.1. The van der Waals surface area contributed by atoms with Gasteiger partial charge in [0.1, 0.15) is 0 Å². The molecule has 2 N–H and O–H groups in total. The lowest BCUT2D eigenvalue weighted by Gasteiger charge is -2.16. The van der Waals surface area contributed by atoms with Gasteiger partial charge in [-0.3, -0.25) is 5.32 Å². The molecule has 0 saturated heterocycles. The van der Waals surface area contributed by atoms with Crippen molar-refractivity contribution in [2.45, 2.75) is 26.1 Å². The highest BCUT2D eigenvalue weighted by atomic mass is 32.1. The molecule has 1 unspecified atom stereocenters. The Kier molecular flexibility index (Phi) is 4.70. The van der Waals surface area contributed by atoms with E-state index < -0.39 is 23.8 Å². The molecule has 0 bridgehead atoms. The van der Waals surface area contributed by atoms with Crippen LogP contribution in [0.25, 0.3) is 0 Å². The first-order valence-electron chi connectivity index (χ1n) is 6.42. The van der Waals surface area contributed by atoms with E-state index in [9.17, 15) is 18.0 Å².